The number of nitrogens with zero attached hydrogens (tertiary/aromatic N) is 1. The summed E-state index contributed by atoms with van der Waals surface area (Å²) in [7, 11) is 2.04. The molecule has 1 aliphatic rings. The van der Waals surface area contributed by atoms with Crippen LogP contribution in [0.25, 0.3) is 0 Å². The van der Waals surface area contributed by atoms with E-state index in [1.165, 1.54) is 32.5 Å². The molecule has 0 bridgehead atoms. The van der Waals surface area contributed by atoms with Crippen LogP contribution in [-0.4, -0.2) is 50.8 Å². The Morgan fingerprint density at radius 3 is 2.40 bits per heavy atom. The molecule has 1 rings (SSSR count). The summed E-state index contributed by atoms with van der Waals surface area (Å²) < 4.78 is 5.53. The first-order chi connectivity index (χ1) is 7.31. The summed E-state index contributed by atoms with van der Waals surface area (Å²) in [6.45, 7) is 9.95. The van der Waals surface area contributed by atoms with E-state index in [-0.39, 0.29) is 0 Å². The molecule has 0 aliphatic carbocycles. The minimum absolute atomic E-state index is 0.557. The van der Waals surface area contributed by atoms with Crippen molar-refractivity contribution >= 4 is 0 Å². The number of nitrogens with one attached hydrogen (secondary N) is 1. The van der Waals surface area contributed by atoms with Crippen molar-refractivity contribution in [2.45, 2.75) is 32.7 Å². The van der Waals surface area contributed by atoms with Crippen molar-refractivity contribution < 1.29 is 4.74 Å². The number of rotatable bonds is 7. The zero-order valence-corrected chi connectivity index (χ0v) is 10.5. The quantitative estimate of drug-likeness (QED) is 0.692. The highest BCUT2D eigenvalue weighted by atomic mass is 16.5. The molecule has 0 aromatic heterocycles. The topological polar surface area (TPSA) is 24.5 Å². The summed E-state index contributed by atoms with van der Waals surface area (Å²) in [6.07, 6.45) is 2.50. The van der Waals surface area contributed by atoms with Crippen LogP contribution >= 0.6 is 0 Å². The first kappa shape index (κ1) is 12.9. The van der Waals surface area contributed by atoms with E-state index in [1.807, 2.05) is 7.05 Å². The molecule has 15 heavy (non-hydrogen) atoms. The molecule has 3 nitrogen and oxygen atoms in total. The highest BCUT2D eigenvalue weighted by molar-refractivity contribution is 4.82. The van der Waals surface area contributed by atoms with Crippen LogP contribution in [0.1, 0.15) is 26.7 Å². The minimum Gasteiger partial charge on any atom is -0.379 e. The first-order valence-corrected chi connectivity index (χ1v) is 6.29. The van der Waals surface area contributed by atoms with Gasteiger partial charge in [-0.3, -0.25) is 0 Å². The molecule has 1 aliphatic heterocycles. The van der Waals surface area contributed by atoms with Crippen LogP contribution in [0, 0.1) is 5.92 Å². The Balaban J connectivity index is 2.35. The van der Waals surface area contributed by atoms with Crippen LogP contribution in [0.5, 0.6) is 0 Å². The zero-order chi connectivity index (χ0) is 11.1. The second kappa shape index (κ2) is 7.20. The van der Waals surface area contributed by atoms with Crippen molar-refractivity contribution in [2.24, 2.45) is 5.92 Å². The van der Waals surface area contributed by atoms with Crippen LogP contribution in [-0.2, 0) is 4.74 Å². The molecule has 3 heteroatoms. The molecule has 1 saturated heterocycles. The monoisotopic (exact) mass is 214 g/mol. The van der Waals surface area contributed by atoms with Crippen molar-refractivity contribution in [3.8, 4) is 0 Å². The van der Waals surface area contributed by atoms with Crippen molar-refractivity contribution in [3.05, 3.63) is 0 Å². The van der Waals surface area contributed by atoms with Gasteiger partial charge in [-0.25, -0.2) is 0 Å². The molecular weight excluding hydrogens is 188 g/mol. The Hall–Kier alpha value is -0.120. The van der Waals surface area contributed by atoms with Gasteiger partial charge >= 0.3 is 0 Å². The molecule has 1 heterocycles. The Kier molecular flexibility index (Phi) is 6.22. The van der Waals surface area contributed by atoms with Gasteiger partial charge in [-0.15, -0.1) is 0 Å². The predicted octanol–water partition coefficient (Wildman–Crippen LogP) is 1.34. The fourth-order valence-electron chi connectivity index (χ4n) is 2.36. The van der Waals surface area contributed by atoms with Gasteiger partial charge in [-0.05, 0) is 33.0 Å². The average molecular weight is 214 g/mol. The third-order valence-electron chi connectivity index (χ3n) is 3.14. The molecule has 2 unspecified atom stereocenters. The highest BCUT2D eigenvalue weighted by Gasteiger charge is 2.27. The summed E-state index contributed by atoms with van der Waals surface area (Å²) in [5.41, 5.74) is 0. The largest absolute Gasteiger partial charge is 0.379 e. The molecule has 0 aromatic carbocycles. The lowest BCUT2D eigenvalue weighted by Crippen LogP contribution is -2.40. The van der Waals surface area contributed by atoms with E-state index >= 15 is 0 Å². The third kappa shape index (κ3) is 4.09. The minimum atomic E-state index is 0.557. The highest BCUT2D eigenvalue weighted by Crippen LogP contribution is 2.15. The summed E-state index contributed by atoms with van der Waals surface area (Å²) in [5.74, 6) is 0.674. The predicted molar refractivity (Wildman–Crippen MR) is 64.2 cm³/mol. The van der Waals surface area contributed by atoms with Crippen LogP contribution in [0.15, 0.2) is 0 Å². The van der Waals surface area contributed by atoms with E-state index in [9.17, 15) is 0 Å². The van der Waals surface area contributed by atoms with E-state index in [0.29, 0.717) is 12.0 Å². The summed E-state index contributed by atoms with van der Waals surface area (Å²) in [4.78, 5) is 2.57. The Bertz CT molecular complexity index is 158. The summed E-state index contributed by atoms with van der Waals surface area (Å²) >= 11 is 0. The molecule has 0 saturated carbocycles. The van der Waals surface area contributed by atoms with Crippen molar-refractivity contribution in [2.75, 3.05) is 39.9 Å². The number of likely N-dealkylation sites (N-methyl/N-ethyl adjacent to an activating group) is 1. The second-order valence-electron chi connectivity index (χ2n) is 4.49. The molecule has 0 aromatic rings. The molecule has 1 N–H and O–H groups in total. The molecule has 0 spiro atoms. The number of hydrogen-bond acceptors (Lipinski definition) is 3. The van der Waals surface area contributed by atoms with Gasteiger partial charge in [-0.1, -0.05) is 13.8 Å². The van der Waals surface area contributed by atoms with E-state index < -0.39 is 0 Å². The van der Waals surface area contributed by atoms with Crippen LogP contribution in [0.3, 0.4) is 0 Å². The molecule has 0 radical (unpaired) electrons. The fourth-order valence-corrected chi connectivity index (χ4v) is 2.36. The van der Waals surface area contributed by atoms with Gasteiger partial charge in [0.05, 0.1) is 13.2 Å². The molecule has 1 fully saturated rings. The van der Waals surface area contributed by atoms with Gasteiger partial charge in [0.1, 0.15) is 0 Å². The Morgan fingerprint density at radius 1 is 1.20 bits per heavy atom. The summed E-state index contributed by atoms with van der Waals surface area (Å²) in [5, 5.41) is 3.35. The standard InChI is InChI=1S/C12H26N2O/c1-4-6-14(7-5-2)8-11-9-15-10-12(11)13-3/h11-13H,4-10H2,1-3H3. The maximum absolute atomic E-state index is 5.53. The van der Waals surface area contributed by atoms with E-state index in [0.717, 1.165) is 13.2 Å². The lowest BCUT2D eigenvalue weighted by Gasteiger charge is -2.26. The van der Waals surface area contributed by atoms with E-state index in [4.69, 9.17) is 4.74 Å². The Morgan fingerprint density at radius 2 is 1.87 bits per heavy atom. The molecule has 0 amide bonds. The van der Waals surface area contributed by atoms with Crippen molar-refractivity contribution in [3.63, 3.8) is 0 Å². The van der Waals surface area contributed by atoms with Crippen molar-refractivity contribution in [1.82, 2.24) is 10.2 Å². The lowest BCUT2D eigenvalue weighted by atomic mass is 10.0. The van der Waals surface area contributed by atoms with Crippen LogP contribution in [0.4, 0.5) is 0 Å². The molecule has 90 valence electrons. The van der Waals surface area contributed by atoms with Gasteiger partial charge in [-0.2, -0.15) is 0 Å². The third-order valence-corrected chi connectivity index (χ3v) is 3.14. The zero-order valence-electron chi connectivity index (χ0n) is 10.5. The lowest BCUT2D eigenvalue weighted by molar-refractivity contribution is 0.167. The fraction of sp³-hybridized carbons (Fsp3) is 1.00. The number of ether oxygens (including phenoxy) is 1. The second-order valence-corrected chi connectivity index (χ2v) is 4.49. The van der Waals surface area contributed by atoms with Crippen molar-refractivity contribution in [1.29, 1.82) is 0 Å². The first-order valence-electron chi connectivity index (χ1n) is 6.29. The van der Waals surface area contributed by atoms with Gasteiger partial charge < -0.3 is 15.0 Å². The number of hydrogen-bond donors (Lipinski definition) is 1. The molecule has 2 atom stereocenters. The van der Waals surface area contributed by atoms with Crippen LogP contribution in [0.2, 0.25) is 0 Å². The van der Waals surface area contributed by atoms with Gasteiger partial charge in [0.2, 0.25) is 0 Å². The van der Waals surface area contributed by atoms with Gasteiger partial charge in [0, 0.05) is 18.5 Å². The Labute approximate surface area is 94.2 Å². The van der Waals surface area contributed by atoms with E-state index in [1.54, 1.807) is 0 Å². The van der Waals surface area contributed by atoms with Gasteiger partial charge in [0.25, 0.3) is 0 Å². The normalized spacial score (nSPS) is 26.4. The SMILES string of the molecule is CCCN(CCC)CC1COCC1NC. The van der Waals surface area contributed by atoms with E-state index in [2.05, 4.69) is 24.1 Å². The average Bonchev–Trinajstić information content (AvgIpc) is 2.66. The maximum Gasteiger partial charge on any atom is 0.0623 e. The molecular formula is C12H26N2O. The van der Waals surface area contributed by atoms with Gasteiger partial charge in [0.15, 0.2) is 0 Å². The smallest absolute Gasteiger partial charge is 0.0623 e. The van der Waals surface area contributed by atoms with Crippen LogP contribution < -0.4 is 5.32 Å². The maximum atomic E-state index is 5.53. The summed E-state index contributed by atoms with van der Waals surface area (Å²) in [6, 6.07) is 0.557.